The molecule has 5 nitrogen and oxygen atoms in total. The molecule has 1 aromatic rings. The zero-order chi connectivity index (χ0) is 12.4. The summed E-state index contributed by atoms with van der Waals surface area (Å²) in [5.74, 6) is 0.0856. The second-order valence-corrected chi connectivity index (χ2v) is 4.66. The SMILES string of the molecule is Cc1c(C(=O)N(C)C2CCNCC2)cnn1C. The van der Waals surface area contributed by atoms with Crippen LogP contribution < -0.4 is 5.32 Å². The molecular formula is C12H20N4O. The van der Waals surface area contributed by atoms with E-state index in [9.17, 15) is 4.79 Å². The highest BCUT2D eigenvalue weighted by Gasteiger charge is 2.24. The Kier molecular flexibility index (Phi) is 3.47. The molecule has 1 aliphatic heterocycles. The van der Waals surface area contributed by atoms with Crippen molar-refractivity contribution >= 4 is 5.91 Å². The van der Waals surface area contributed by atoms with E-state index >= 15 is 0 Å². The molecule has 0 spiro atoms. The van der Waals surface area contributed by atoms with E-state index in [0.717, 1.165) is 31.6 Å². The number of piperidine rings is 1. The minimum Gasteiger partial charge on any atom is -0.339 e. The number of aromatic nitrogens is 2. The summed E-state index contributed by atoms with van der Waals surface area (Å²) in [6.45, 7) is 3.92. The first-order valence-electron chi connectivity index (χ1n) is 6.07. The van der Waals surface area contributed by atoms with Gasteiger partial charge in [-0.15, -0.1) is 0 Å². The third-order valence-electron chi connectivity index (χ3n) is 3.64. The Bertz CT molecular complexity index is 407. The molecule has 0 saturated carbocycles. The Balaban J connectivity index is 2.11. The molecular weight excluding hydrogens is 216 g/mol. The van der Waals surface area contributed by atoms with Gasteiger partial charge in [0.25, 0.3) is 5.91 Å². The van der Waals surface area contributed by atoms with E-state index < -0.39 is 0 Å². The van der Waals surface area contributed by atoms with Crippen LogP contribution >= 0.6 is 0 Å². The molecule has 1 aromatic heterocycles. The van der Waals surface area contributed by atoms with Crippen LogP contribution in [-0.4, -0.2) is 46.8 Å². The zero-order valence-electron chi connectivity index (χ0n) is 10.7. The molecule has 1 amide bonds. The van der Waals surface area contributed by atoms with Crippen molar-refractivity contribution in [3.05, 3.63) is 17.5 Å². The van der Waals surface area contributed by atoms with Crippen LogP contribution in [0.1, 0.15) is 28.9 Å². The van der Waals surface area contributed by atoms with Gasteiger partial charge in [0.05, 0.1) is 11.8 Å². The van der Waals surface area contributed by atoms with Crippen molar-refractivity contribution < 1.29 is 4.79 Å². The number of carbonyl (C=O) groups excluding carboxylic acids is 1. The van der Waals surface area contributed by atoms with Gasteiger partial charge in [-0.3, -0.25) is 9.48 Å². The summed E-state index contributed by atoms with van der Waals surface area (Å²) in [5.41, 5.74) is 1.64. The maximum atomic E-state index is 12.3. The number of aryl methyl sites for hydroxylation is 1. The topological polar surface area (TPSA) is 50.2 Å². The summed E-state index contributed by atoms with van der Waals surface area (Å²) in [6, 6.07) is 0.350. The lowest BCUT2D eigenvalue weighted by Crippen LogP contribution is -2.44. The lowest BCUT2D eigenvalue weighted by Gasteiger charge is -2.31. The molecule has 1 N–H and O–H groups in total. The molecule has 2 rings (SSSR count). The number of nitrogens with zero attached hydrogens (tertiary/aromatic N) is 3. The van der Waals surface area contributed by atoms with Gasteiger partial charge in [-0.1, -0.05) is 0 Å². The Morgan fingerprint density at radius 2 is 2.18 bits per heavy atom. The Labute approximate surface area is 102 Å². The van der Waals surface area contributed by atoms with Crippen LogP contribution in [0.25, 0.3) is 0 Å². The van der Waals surface area contributed by atoms with Crippen LogP contribution in [0.15, 0.2) is 6.20 Å². The number of rotatable bonds is 2. The van der Waals surface area contributed by atoms with E-state index in [1.807, 2.05) is 25.9 Å². The number of hydrogen-bond acceptors (Lipinski definition) is 3. The predicted molar refractivity (Wildman–Crippen MR) is 65.9 cm³/mol. The zero-order valence-corrected chi connectivity index (χ0v) is 10.7. The number of nitrogens with one attached hydrogen (secondary N) is 1. The molecule has 0 radical (unpaired) electrons. The van der Waals surface area contributed by atoms with Gasteiger partial charge in [0.1, 0.15) is 0 Å². The van der Waals surface area contributed by atoms with Crippen LogP contribution in [0, 0.1) is 6.92 Å². The Morgan fingerprint density at radius 1 is 1.53 bits per heavy atom. The second-order valence-electron chi connectivity index (χ2n) is 4.66. The molecule has 0 bridgehead atoms. The molecule has 1 saturated heterocycles. The minimum atomic E-state index is 0.0856. The fraction of sp³-hybridized carbons (Fsp3) is 0.667. The van der Waals surface area contributed by atoms with Gasteiger partial charge in [0.15, 0.2) is 0 Å². The monoisotopic (exact) mass is 236 g/mol. The maximum Gasteiger partial charge on any atom is 0.257 e. The summed E-state index contributed by atoms with van der Waals surface area (Å²) in [7, 11) is 3.75. The van der Waals surface area contributed by atoms with E-state index in [1.165, 1.54) is 0 Å². The number of amides is 1. The molecule has 94 valence electrons. The summed E-state index contributed by atoms with van der Waals surface area (Å²) in [4.78, 5) is 14.2. The fourth-order valence-electron chi connectivity index (χ4n) is 2.26. The van der Waals surface area contributed by atoms with Crippen LogP contribution in [-0.2, 0) is 7.05 Å². The van der Waals surface area contributed by atoms with Crippen LogP contribution in [0.3, 0.4) is 0 Å². The maximum absolute atomic E-state index is 12.3. The van der Waals surface area contributed by atoms with Crippen molar-refractivity contribution in [3.8, 4) is 0 Å². The largest absolute Gasteiger partial charge is 0.339 e. The lowest BCUT2D eigenvalue weighted by atomic mass is 10.0. The molecule has 0 atom stereocenters. The van der Waals surface area contributed by atoms with Crippen molar-refractivity contribution in [1.82, 2.24) is 20.0 Å². The fourth-order valence-corrected chi connectivity index (χ4v) is 2.26. The van der Waals surface area contributed by atoms with E-state index in [4.69, 9.17) is 0 Å². The third-order valence-corrected chi connectivity index (χ3v) is 3.64. The molecule has 0 aromatic carbocycles. The highest BCUT2D eigenvalue weighted by atomic mass is 16.2. The summed E-state index contributed by atoms with van der Waals surface area (Å²) in [6.07, 6.45) is 3.72. The van der Waals surface area contributed by atoms with Crippen molar-refractivity contribution in [3.63, 3.8) is 0 Å². The molecule has 0 aliphatic carbocycles. The third kappa shape index (κ3) is 2.34. The predicted octanol–water partition coefficient (Wildman–Crippen LogP) is 0.553. The molecule has 0 unspecified atom stereocenters. The Hall–Kier alpha value is -1.36. The van der Waals surface area contributed by atoms with Gasteiger partial charge < -0.3 is 10.2 Å². The van der Waals surface area contributed by atoms with Gasteiger partial charge in [-0.25, -0.2) is 0 Å². The highest BCUT2D eigenvalue weighted by Crippen LogP contribution is 2.15. The van der Waals surface area contributed by atoms with Crippen LogP contribution in [0.4, 0.5) is 0 Å². The van der Waals surface area contributed by atoms with Crippen LogP contribution in [0.2, 0.25) is 0 Å². The standard InChI is InChI=1S/C12H20N4O/c1-9-11(8-14-16(9)3)12(17)15(2)10-4-6-13-7-5-10/h8,10,13H,4-7H2,1-3H3. The first-order chi connectivity index (χ1) is 8.11. The lowest BCUT2D eigenvalue weighted by molar-refractivity contribution is 0.0702. The molecule has 1 fully saturated rings. The van der Waals surface area contributed by atoms with Crippen molar-refractivity contribution in [2.75, 3.05) is 20.1 Å². The molecule has 2 heterocycles. The van der Waals surface area contributed by atoms with E-state index in [1.54, 1.807) is 10.9 Å². The first kappa shape index (κ1) is 12.1. The first-order valence-corrected chi connectivity index (χ1v) is 6.07. The van der Waals surface area contributed by atoms with Gasteiger partial charge in [0, 0.05) is 25.8 Å². The molecule has 1 aliphatic rings. The Morgan fingerprint density at radius 3 is 2.71 bits per heavy atom. The summed E-state index contributed by atoms with van der Waals surface area (Å²) >= 11 is 0. The van der Waals surface area contributed by atoms with Crippen molar-refractivity contribution in [1.29, 1.82) is 0 Å². The quantitative estimate of drug-likeness (QED) is 0.816. The molecule has 17 heavy (non-hydrogen) atoms. The average Bonchev–Trinajstić information content (AvgIpc) is 2.69. The van der Waals surface area contributed by atoms with E-state index in [2.05, 4.69) is 10.4 Å². The van der Waals surface area contributed by atoms with Crippen molar-refractivity contribution in [2.24, 2.45) is 7.05 Å². The smallest absolute Gasteiger partial charge is 0.257 e. The van der Waals surface area contributed by atoms with Crippen molar-refractivity contribution in [2.45, 2.75) is 25.8 Å². The average molecular weight is 236 g/mol. The van der Waals surface area contributed by atoms with Gasteiger partial charge >= 0.3 is 0 Å². The normalized spacial score (nSPS) is 17.1. The summed E-state index contributed by atoms with van der Waals surface area (Å²) in [5, 5.41) is 7.43. The van der Waals surface area contributed by atoms with Gasteiger partial charge in [-0.2, -0.15) is 5.10 Å². The van der Waals surface area contributed by atoms with Gasteiger partial charge in [0.2, 0.25) is 0 Å². The number of hydrogen-bond donors (Lipinski definition) is 1. The highest BCUT2D eigenvalue weighted by molar-refractivity contribution is 5.95. The second kappa shape index (κ2) is 4.87. The minimum absolute atomic E-state index is 0.0856. The van der Waals surface area contributed by atoms with E-state index in [-0.39, 0.29) is 5.91 Å². The summed E-state index contributed by atoms with van der Waals surface area (Å²) < 4.78 is 1.74. The van der Waals surface area contributed by atoms with Crippen LogP contribution in [0.5, 0.6) is 0 Å². The molecule has 5 heteroatoms. The van der Waals surface area contributed by atoms with E-state index in [0.29, 0.717) is 11.6 Å². The number of carbonyl (C=O) groups is 1. The van der Waals surface area contributed by atoms with Gasteiger partial charge in [-0.05, 0) is 32.9 Å².